The summed E-state index contributed by atoms with van der Waals surface area (Å²) in [5.74, 6) is -1.02. The highest BCUT2D eigenvalue weighted by atomic mass is 32.2. The molecule has 4 heterocycles. The van der Waals surface area contributed by atoms with Crippen LogP contribution in [0.3, 0.4) is 0 Å². The summed E-state index contributed by atoms with van der Waals surface area (Å²) in [6.45, 7) is 9.06. The van der Waals surface area contributed by atoms with Gasteiger partial charge in [0.2, 0.25) is 27.7 Å². The third kappa shape index (κ3) is 8.29. The second-order valence-electron chi connectivity index (χ2n) is 17.5. The number of carbonyl (C=O) groups is 4. The van der Waals surface area contributed by atoms with Crippen molar-refractivity contribution in [2.24, 2.45) is 5.92 Å². The zero-order valence-corrected chi connectivity index (χ0v) is 34.9. The molecule has 4 fully saturated rings. The van der Waals surface area contributed by atoms with Crippen molar-refractivity contribution in [3.8, 4) is 17.4 Å². The molecule has 2 aromatic rings. The van der Waals surface area contributed by atoms with Crippen molar-refractivity contribution in [1.29, 1.82) is 0 Å². The van der Waals surface area contributed by atoms with Gasteiger partial charge in [-0.15, -0.1) is 0 Å². The summed E-state index contributed by atoms with van der Waals surface area (Å²) < 4.78 is 45.9. The van der Waals surface area contributed by atoms with E-state index in [1.54, 1.807) is 27.0 Å². The van der Waals surface area contributed by atoms with Crippen LogP contribution >= 0.6 is 0 Å². The molecule has 0 bridgehead atoms. The molecule has 0 spiro atoms. The smallest absolute Gasteiger partial charge is 0.318 e. The predicted molar refractivity (Wildman–Crippen MR) is 214 cm³/mol. The molecule has 1 aromatic heterocycles. The number of aliphatic hydroxyl groups is 1. The van der Waals surface area contributed by atoms with Crippen LogP contribution < -0.4 is 29.6 Å². The molecule has 5 atom stereocenters. The molecule has 3 aliphatic heterocycles. The molecule has 4 N–H and O–H groups in total. The number of hydrogen-bond acceptors (Lipinski definition) is 11. The Morgan fingerprint density at radius 1 is 1.09 bits per heavy atom. The van der Waals surface area contributed by atoms with Gasteiger partial charge in [-0.25, -0.2) is 18.2 Å². The van der Waals surface area contributed by atoms with E-state index in [9.17, 15) is 32.7 Å². The number of allylic oxidation sites excluding steroid dienone is 1. The molecule has 58 heavy (non-hydrogen) atoms. The number of methoxy groups -OCH3 is 1. The van der Waals surface area contributed by atoms with E-state index in [0.717, 1.165) is 18.4 Å². The zero-order chi connectivity index (χ0) is 41.8. The molecule has 2 aliphatic carbocycles. The van der Waals surface area contributed by atoms with Gasteiger partial charge in [-0.05, 0) is 85.3 Å². The van der Waals surface area contributed by atoms with E-state index in [1.165, 1.54) is 9.80 Å². The van der Waals surface area contributed by atoms with Gasteiger partial charge in [0.15, 0.2) is 0 Å². The van der Waals surface area contributed by atoms with Gasteiger partial charge in [0.25, 0.3) is 5.91 Å². The number of nitrogens with zero attached hydrogens (tertiary/aromatic N) is 3. The molecule has 16 nitrogen and oxygen atoms in total. The molecular formula is C41H56N6O10S. The number of rotatable bonds is 9. The number of benzene rings is 1. The third-order valence-electron chi connectivity index (χ3n) is 12.1. The van der Waals surface area contributed by atoms with Gasteiger partial charge in [0.05, 0.1) is 48.7 Å². The number of sulfonamides is 1. The Hall–Kier alpha value is -4.64. The van der Waals surface area contributed by atoms with Crippen molar-refractivity contribution in [3.05, 3.63) is 35.9 Å². The Kier molecular flexibility index (Phi) is 11.1. The van der Waals surface area contributed by atoms with Crippen molar-refractivity contribution in [3.63, 3.8) is 0 Å². The normalized spacial score (nSPS) is 28.5. The quantitative estimate of drug-likeness (QED) is 0.270. The first-order valence-corrected chi connectivity index (χ1v) is 21.8. The molecule has 0 unspecified atom stereocenters. The highest BCUT2D eigenvalue weighted by Crippen LogP contribution is 2.48. The van der Waals surface area contributed by atoms with Crippen molar-refractivity contribution in [2.45, 2.75) is 133 Å². The molecule has 2 saturated carbocycles. The summed E-state index contributed by atoms with van der Waals surface area (Å²) in [6.07, 6.45) is 7.10. The molecule has 17 heteroatoms. The van der Waals surface area contributed by atoms with E-state index in [1.807, 2.05) is 45.1 Å². The zero-order valence-electron chi connectivity index (χ0n) is 34.1. The lowest BCUT2D eigenvalue weighted by atomic mass is 9.97. The molecule has 5 aliphatic rings. The number of aromatic nitrogens is 1. The average Bonchev–Trinajstić information content (AvgIpc) is 4.02. The molecule has 0 radical (unpaired) electrons. The standard InChI is InChI=1S/C41H56N6O10S/c1-24(2)56-33-19-32(28-14-15-31(55-6)25(3)34(28)43-33)57-27-18-30-35(48)44-41(37(50)45-58(53,54)40(5)16-17-40)20-26(41)12-10-8-7-9-11-13-29(36(49)47(30)21-27)42-38(51)46-22-39(4,52)23-46/h10,12,14-15,19,24,26-27,29-30,52H,7-9,11,13,16-18,20-23H2,1-6H3,(H,42,51)(H,44,48)(H,45,50)/b12-10-/t26-,27-,29+,30+,41-/m1/s1. The van der Waals surface area contributed by atoms with E-state index in [2.05, 4.69) is 15.4 Å². The fraction of sp³-hybridized carbons (Fsp3) is 0.634. The summed E-state index contributed by atoms with van der Waals surface area (Å²) in [5.41, 5.74) is -1.19. The number of β-amino-alcohol motifs (C(OH)–C–C–N with tert-alkyl or cyclic N) is 1. The molecule has 5 amide bonds. The SMILES string of the molecule is COc1ccc2c(O[C@@H]3C[C@H]4C(=O)N[C@]5(C(=O)NS(=O)(=O)C6(C)CC6)C[C@H]5/C=C\CCCCC[C@H](NC(=O)N5CC(C)(O)C5)C(=O)N4C3)cc(OC(C)C)nc2c1C. The average molecular weight is 825 g/mol. The van der Waals surface area contributed by atoms with E-state index < -0.39 is 73.8 Å². The summed E-state index contributed by atoms with van der Waals surface area (Å²) in [6, 6.07) is 2.69. The molecule has 7 rings (SSSR count). The van der Waals surface area contributed by atoms with E-state index >= 15 is 0 Å². The Balaban J connectivity index is 1.22. The minimum absolute atomic E-state index is 0.0289. The third-order valence-corrected chi connectivity index (χ3v) is 14.3. The van der Waals surface area contributed by atoms with Crippen molar-refractivity contribution < 1.29 is 46.9 Å². The Morgan fingerprint density at radius 2 is 1.83 bits per heavy atom. The topological polar surface area (TPSA) is 206 Å². The van der Waals surface area contributed by atoms with Crippen LogP contribution in [-0.2, 0) is 24.4 Å². The number of urea groups is 1. The number of nitrogens with one attached hydrogen (secondary N) is 3. The summed E-state index contributed by atoms with van der Waals surface area (Å²) in [5, 5.41) is 16.7. The van der Waals surface area contributed by atoms with Crippen LogP contribution in [0.1, 0.15) is 91.0 Å². The number of hydrogen-bond donors (Lipinski definition) is 4. The number of fused-ring (bicyclic) bond motifs is 3. The fourth-order valence-electron chi connectivity index (χ4n) is 8.26. The lowest BCUT2D eigenvalue weighted by Gasteiger charge is -2.44. The fourth-order valence-corrected chi connectivity index (χ4v) is 9.58. The van der Waals surface area contributed by atoms with Crippen LogP contribution in [0.5, 0.6) is 17.4 Å². The summed E-state index contributed by atoms with van der Waals surface area (Å²) in [4.78, 5) is 64.2. The maximum absolute atomic E-state index is 14.7. The van der Waals surface area contributed by atoms with Gasteiger partial charge in [0.1, 0.15) is 35.2 Å². The predicted octanol–water partition coefficient (Wildman–Crippen LogP) is 3.23. The first-order chi connectivity index (χ1) is 27.3. The van der Waals surface area contributed by atoms with E-state index in [-0.39, 0.29) is 38.6 Å². The minimum Gasteiger partial charge on any atom is -0.496 e. The van der Waals surface area contributed by atoms with Crippen LogP contribution in [-0.4, -0.2) is 119 Å². The maximum Gasteiger partial charge on any atom is 0.318 e. The minimum atomic E-state index is -4.01. The van der Waals surface area contributed by atoms with Gasteiger partial charge in [-0.3, -0.25) is 19.1 Å². The maximum atomic E-state index is 14.7. The second-order valence-corrected chi connectivity index (χ2v) is 19.7. The van der Waals surface area contributed by atoms with Gasteiger partial charge in [-0.2, -0.15) is 0 Å². The van der Waals surface area contributed by atoms with Gasteiger partial charge in [0, 0.05) is 29.4 Å². The Bertz CT molecular complexity index is 2110. The molecule has 1 aromatic carbocycles. The lowest BCUT2D eigenvalue weighted by Crippen LogP contribution is -2.65. The highest BCUT2D eigenvalue weighted by molar-refractivity contribution is 7.91. The van der Waals surface area contributed by atoms with E-state index in [0.29, 0.717) is 60.4 Å². The van der Waals surface area contributed by atoms with Crippen molar-refractivity contribution in [1.82, 2.24) is 30.1 Å². The number of carbonyl (C=O) groups excluding carboxylic acids is 4. The van der Waals surface area contributed by atoms with Crippen molar-refractivity contribution in [2.75, 3.05) is 26.7 Å². The van der Waals surface area contributed by atoms with Crippen LogP contribution in [0, 0.1) is 12.8 Å². The molecule has 2 saturated heterocycles. The van der Waals surface area contributed by atoms with Crippen molar-refractivity contribution >= 4 is 44.7 Å². The monoisotopic (exact) mass is 824 g/mol. The first kappa shape index (κ1) is 41.5. The Morgan fingerprint density at radius 3 is 2.50 bits per heavy atom. The van der Waals surface area contributed by atoms with Gasteiger partial charge in [-0.1, -0.05) is 25.0 Å². The largest absolute Gasteiger partial charge is 0.496 e. The van der Waals surface area contributed by atoms with Crippen LogP contribution in [0.25, 0.3) is 10.9 Å². The number of amides is 5. The summed E-state index contributed by atoms with van der Waals surface area (Å²) in [7, 11) is -2.44. The molecule has 316 valence electrons. The van der Waals surface area contributed by atoms with Gasteiger partial charge < -0.3 is 39.8 Å². The lowest BCUT2D eigenvalue weighted by molar-refractivity contribution is -0.141. The highest BCUT2D eigenvalue weighted by Gasteiger charge is 2.63. The molecular weight excluding hydrogens is 769 g/mol. The van der Waals surface area contributed by atoms with Crippen LogP contribution in [0.4, 0.5) is 4.79 Å². The first-order valence-electron chi connectivity index (χ1n) is 20.3. The van der Waals surface area contributed by atoms with Gasteiger partial charge >= 0.3 is 6.03 Å². The Labute approximate surface area is 339 Å². The van der Waals surface area contributed by atoms with Crippen LogP contribution in [0.2, 0.25) is 0 Å². The number of likely N-dealkylation sites (tertiary alicyclic amines) is 1. The number of aryl methyl sites for hydroxylation is 1. The van der Waals surface area contributed by atoms with Crippen LogP contribution in [0.15, 0.2) is 30.4 Å². The second kappa shape index (κ2) is 15.5. The number of pyridine rings is 1. The number of ether oxygens (including phenoxy) is 3. The summed E-state index contributed by atoms with van der Waals surface area (Å²) >= 11 is 0. The van der Waals surface area contributed by atoms with E-state index in [4.69, 9.17) is 19.2 Å².